The van der Waals surface area contributed by atoms with Crippen LogP contribution >= 0.6 is 11.6 Å². The van der Waals surface area contributed by atoms with E-state index in [4.69, 9.17) is 21.1 Å². The summed E-state index contributed by atoms with van der Waals surface area (Å²) in [5.74, 6) is -0.0275. The second-order valence-electron chi connectivity index (χ2n) is 10.1. The first kappa shape index (κ1) is 32.8. The van der Waals surface area contributed by atoms with Gasteiger partial charge in [0.2, 0.25) is 11.8 Å². The van der Waals surface area contributed by atoms with E-state index in [1.54, 1.807) is 54.6 Å². The van der Waals surface area contributed by atoms with Crippen LogP contribution in [0.1, 0.15) is 32.8 Å². The number of carbonyl (C=O) groups is 2. The van der Waals surface area contributed by atoms with Crippen molar-refractivity contribution in [3.63, 3.8) is 0 Å². The van der Waals surface area contributed by atoms with Crippen molar-refractivity contribution >= 4 is 39.1 Å². The van der Waals surface area contributed by atoms with Gasteiger partial charge in [0.1, 0.15) is 12.6 Å². The summed E-state index contributed by atoms with van der Waals surface area (Å²) in [5.41, 5.74) is 1.04. The van der Waals surface area contributed by atoms with Crippen LogP contribution in [0.2, 0.25) is 5.02 Å². The lowest BCUT2D eigenvalue weighted by molar-refractivity contribution is -0.140. The van der Waals surface area contributed by atoms with Gasteiger partial charge in [-0.05, 0) is 54.3 Å². The van der Waals surface area contributed by atoms with Crippen molar-refractivity contribution in [1.29, 1.82) is 0 Å². The van der Waals surface area contributed by atoms with Gasteiger partial charge in [0.05, 0.1) is 24.8 Å². The summed E-state index contributed by atoms with van der Waals surface area (Å²) < 4.78 is 39.8. The topological polar surface area (TPSA) is 105 Å². The van der Waals surface area contributed by atoms with Crippen molar-refractivity contribution in [2.75, 3.05) is 31.6 Å². The van der Waals surface area contributed by atoms with E-state index >= 15 is 0 Å². The average molecular weight is 616 g/mol. The SMILES string of the molecule is CC[C@H](C(=O)NCC(C)C)N(Cc1ccc(Cl)cc1)C(=O)CN(c1ccccc1)S(=O)(=O)c1ccc(OC)c(OC)c1. The zero-order chi connectivity index (χ0) is 30.9. The summed E-state index contributed by atoms with van der Waals surface area (Å²) in [6, 6.07) is 18.7. The minimum absolute atomic E-state index is 0.0808. The predicted octanol–water partition coefficient (Wildman–Crippen LogP) is 5.13. The predicted molar refractivity (Wildman–Crippen MR) is 164 cm³/mol. The monoisotopic (exact) mass is 615 g/mol. The number of methoxy groups -OCH3 is 2. The van der Waals surface area contributed by atoms with E-state index in [9.17, 15) is 18.0 Å². The zero-order valence-corrected chi connectivity index (χ0v) is 26.1. The maximum atomic E-state index is 14.1. The van der Waals surface area contributed by atoms with Crippen LogP contribution in [-0.2, 0) is 26.2 Å². The minimum atomic E-state index is -4.26. The van der Waals surface area contributed by atoms with Crippen LogP contribution in [-0.4, -0.2) is 58.5 Å². The van der Waals surface area contributed by atoms with Crippen LogP contribution in [0.25, 0.3) is 0 Å². The summed E-state index contributed by atoms with van der Waals surface area (Å²) in [6.45, 7) is 5.77. The van der Waals surface area contributed by atoms with Crippen LogP contribution < -0.4 is 19.1 Å². The largest absolute Gasteiger partial charge is 0.493 e. The quantitative estimate of drug-likeness (QED) is 0.270. The Kier molecular flexibility index (Phi) is 11.6. The lowest BCUT2D eigenvalue weighted by Gasteiger charge is -2.33. The smallest absolute Gasteiger partial charge is 0.264 e. The second kappa shape index (κ2) is 14.9. The normalized spacial score (nSPS) is 12.0. The van der Waals surface area contributed by atoms with Crippen LogP contribution in [0, 0.1) is 5.92 Å². The fraction of sp³-hybridized carbons (Fsp3) is 0.355. The lowest BCUT2D eigenvalue weighted by Crippen LogP contribution is -2.52. The molecule has 226 valence electrons. The van der Waals surface area contributed by atoms with Crippen LogP contribution in [0.3, 0.4) is 0 Å². The molecule has 2 amide bonds. The molecule has 0 saturated carbocycles. The van der Waals surface area contributed by atoms with E-state index in [0.717, 1.165) is 9.87 Å². The summed E-state index contributed by atoms with van der Waals surface area (Å²) in [4.78, 5) is 28.8. The number of para-hydroxylation sites is 1. The molecule has 0 saturated heterocycles. The fourth-order valence-corrected chi connectivity index (χ4v) is 5.91. The molecule has 0 spiro atoms. The maximum absolute atomic E-state index is 14.1. The molecule has 3 rings (SSSR count). The number of benzene rings is 3. The molecule has 0 aliphatic heterocycles. The van der Waals surface area contributed by atoms with Gasteiger partial charge in [-0.15, -0.1) is 0 Å². The molecule has 0 heterocycles. The molecule has 9 nitrogen and oxygen atoms in total. The van der Waals surface area contributed by atoms with Gasteiger partial charge in [0, 0.05) is 24.2 Å². The van der Waals surface area contributed by atoms with E-state index in [-0.39, 0.29) is 29.0 Å². The number of carbonyl (C=O) groups excluding carboxylic acids is 2. The third-order valence-corrected chi connectivity index (χ3v) is 8.62. The lowest BCUT2D eigenvalue weighted by atomic mass is 10.1. The highest BCUT2D eigenvalue weighted by atomic mass is 35.5. The number of amides is 2. The van der Waals surface area contributed by atoms with Crippen molar-refractivity contribution in [2.24, 2.45) is 5.92 Å². The molecule has 3 aromatic carbocycles. The van der Waals surface area contributed by atoms with Crippen molar-refractivity contribution < 1.29 is 27.5 Å². The number of rotatable bonds is 14. The molecule has 0 unspecified atom stereocenters. The molecule has 0 radical (unpaired) electrons. The van der Waals surface area contributed by atoms with E-state index in [1.807, 2.05) is 20.8 Å². The highest BCUT2D eigenvalue weighted by Crippen LogP contribution is 2.32. The first-order chi connectivity index (χ1) is 20.0. The zero-order valence-electron chi connectivity index (χ0n) is 24.5. The maximum Gasteiger partial charge on any atom is 0.264 e. The summed E-state index contributed by atoms with van der Waals surface area (Å²) >= 11 is 6.07. The van der Waals surface area contributed by atoms with E-state index in [1.165, 1.54) is 37.3 Å². The molecule has 0 bridgehead atoms. The molecule has 0 aromatic heterocycles. The van der Waals surface area contributed by atoms with Crippen molar-refractivity contribution in [2.45, 2.75) is 44.7 Å². The Hall–Kier alpha value is -3.76. The number of anilines is 1. The summed E-state index contributed by atoms with van der Waals surface area (Å²) in [6.07, 6.45) is 0.330. The van der Waals surface area contributed by atoms with Gasteiger partial charge in [0.15, 0.2) is 11.5 Å². The average Bonchev–Trinajstić information content (AvgIpc) is 2.99. The number of hydrogen-bond donors (Lipinski definition) is 1. The van der Waals surface area contributed by atoms with Gasteiger partial charge >= 0.3 is 0 Å². The van der Waals surface area contributed by atoms with E-state index in [2.05, 4.69) is 5.32 Å². The standard InChI is InChI=1S/C31H38ClN3O6S/c1-6-27(31(37)33-19-22(2)3)34(20-23-12-14-24(32)15-13-23)30(36)21-35(25-10-8-7-9-11-25)42(38,39)26-16-17-28(40-4)29(18-26)41-5/h7-18,22,27H,6,19-21H2,1-5H3,(H,33,37)/t27-/m1/s1. The number of nitrogens with zero attached hydrogens (tertiary/aromatic N) is 2. The van der Waals surface area contributed by atoms with Gasteiger partial charge in [-0.25, -0.2) is 8.42 Å². The Bertz CT molecular complexity index is 1450. The molecular formula is C31H38ClN3O6S. The third kappa shape index (κ3) is 8.17. The molecule has 0 aliphatic rings. The highest BCUT2D eigenvalue weighted by Gasteiger charge is 2.34. The number of hydrogen-bond acceptors (Lipinski definition) is 6. The first-order valence-corrected chi connectivity index (χ1v) is 15.4. The molecule has 11 heteroatoms. The number of halogens is 1. The minimum Gasteiger partial charge on any atom is -0.493 e. The number of sulfonamides is 1. The molecular weight excluding hydrogens is 578 g/mol. The first-order valence-electron chi connectivity index (χ1n) is 13.6. The van der Waals surface area contributed by atoms with Gasteiger partial charge in [0.25, 0.3) is 10.0 Å². The van der Waals surface area contributed by atoms with Crippen LogP contribution in [0.4, 0.5) is 5.69 Å². The van der Waals surface area contributed by atoms with Gasteiger partial charge in [-0.1, -0.05) is 62.7 Å². The van der Waals surface area contributed by atoms with Gasteiger partial charge in [-0.2, -0.15) is 0 Å². The molecule has 42 heavy (non-hydrogen) atoms. The third-order valence-electron chi connectivity index (χ3n) is 6.60. The van der Waals surface area contributed by atoms with Gasteiger partial charge in [-0.3, -0.25) is 13.9 Å². The Morgan fingerprint density at radius 3 is 2.14 bits per heavy atom. The van der Waals surface area contributed by atoms with Crippen LogP contribution in [0.15, 0.2) is 77.7 Å². The van der Waals surface area contributed by atoms with E-state index < -0.39 is 28.5 Å². The molecule has 1 N–H and O–H groups in total. The highest BCUT2D eigenvalue weighted by molar-refractivity contribution is 7.92. The van der Waals surface area contributed by atoms with Crippen molar-refractivity contribution in [3.05, 3.63) is 83.4 Å². The number of ether oxygens (including phenoxy) is 2. The molecule has 0 fully saturated rings. The Balaban J connectivity index is 2.05. The molecule has 1 atom stereocenters. The second-order valence-corrected chi connectivity index (χ2v) is 12.4. The fourth-order valence-electron chi connectivity index (χ4n) is 4.36. The molecule has 3 aromatic rings. The van der Waals surface area contributed by atoms with Crippen LogP contribution in [0.5, 0.6) is 11.5 Å². The van der Waals surface area contributed by atoms with Crippen molar-refractivity contribution in [3.8, 4) is 11.5 Å². The van der Waals surface area contributed by atoms with Gasteiger partial charge < -0.3 is 19.7 Å². The van der Waals surface area contributed by atoms with E-state index in [0.29, 0.717) is 29.4 Å². The Morgan fingerprint density at radius 1 is 0.929 bits per heavy atom. The summed E-state index contributed by atoms with van der Waals surface area (Å²) in [5, 5.41) is 3.45. The number of nitrogens with one attached hydrogen (secondary N) is 1. The summed E-state index contributed by atoms with van der Waals surface area (Å²) in [7, 11) is -1.39. The Labute approximate surface area is 253 Å². The van der Waals surface area contributed by atoms with Crippen molar-refractivity contribution in [1.82, 2.24) is 10.2 Å². The molecule has 0 aliphatic carbocycles. The Morgan fingerprint density at radius 2 is 1.57 bits per heavy atom.